The van der Waals surface area contributed by atoms with Gasteiger partial charge >= 0.3 is 0 Å². The lowest BCUT2D eigenvalue weighted by Crippen LogP contribution is -2.55. The minimum atomic E-state index is -4.33. The Morgan fingerprint density at radius 1 is 0.878 bits per heavy atom. The Kier molecular flexibility index (Phi) is 11.6. The van der Waals surface area contributed by atoms with Crippen LogP contribution in [0.15, 0.2) is 114 Å². The molecule has 0 heterocycles. The van der Waals surface area contributed by atoms with Gasteiger partial charge in [-0.2, -0.15) is 0 Å². The summed E-state index contributed by atoms with van der Waals surface area (Å²) in [5, 5.41) is 14.6. The summed E-state index contributed by atoms with van der Waals surface area (Å²) >= 11 is 0. The van der Waals surface area contributed by atoms with Crippen LogP contribution in [0.3, 0.4) is 0 Å². The summed E-state index contributed by atoms with van der Waals surface area (Å²) < 4.78 is 34.6. The Hall–Kier alpha value is -5.23. The van der Waals surface area contributed by atoms with Gasteiger partial charge < -0.3 is 15.0 Å². The third kappa shape index (κ3) is 9.02. The van der Waals surface area contributed by atoms with Crippen molar-refractivity contribution in [1.29, 1.82) is 0 Å². The molecule has 256 valence electrons. The molecule has 5 rings (SSSR count). The molecule has 1 saturated carbocycles. The average Bonchev–Trinajstić information content (AvgIpc) is 3.13. The van der Waals surface area contributed by atoms with Crippen LogP contribution in [0.4, 0.5) is 11.4 Å². The van der Waals surface area contributed by atoms with E-state index >= 15 is 0 Å². The highest BCUT2D eigenvalue weighted by Crippen LogP contribution is 2.27. The normalized spacial score (nSPS) is 14.0. The van der Waals surface area contributed by atoms with Crippen LogP contribution in [0.1, 0.15) is 43.2 Å². The zero-order chi connectivity index (χ0) is 34.8. The summed E-state index contributed by atoms with van der Waals surface area (Å²) in [6.45, 7) is -0.674. The number of benzene rings is 4. The van der Waals surface area contributed by atoms with Gasteiger partial charge in [0.05, 0.1) is 22.6 Å². The van der Waals surface area contributed by atoms with E-state index in [2.05, 4.69) is 5.32 Å². The zero-order valence-corrected chi connectivity index (χ0v) is 28.1. The van der Waals surface area contributed by atoms with E-state index in [1.807, 2.05) is 36.4 Å². The van der Waals surface area contributed by atoms with Crippen molar-refractivity contribution in [3.05, 3.63) is 130 Å². The molecule has 0 aliphatic heterocycles. The Balaban J connectivity index is 1.57. The zero-order valence-electron chi connectivity index (χ0n) is 27.3. The summed E-state index contributed by atoms with van der Waals surface area (Å²) in [5.41, 5.74) is 1.35. The largest absolute Gasteiger partial charge is 0.497 e. The Morgan fingerprint density at radius 3 is 2.14 bits per heavy atom. The fourth-order valence-corrected chi connectivity index (χ4v) is 7.49. The SMILES string of the molecule is COc1cccc(CN(C(=O)CN(c2ccc([N+](=O)[O-])cc2)S(=O)(=O)c2ccccc2)C(Cc2ccccc2)C(=O)NC2CCCCC2)c1. The van der Waals surface area contributed by atoms with Crippen molar-refractivity contribution in [3.63, 3.8) is 0 Å². The first-order valence-electron chi connectivity index (χ1n) is 16.2. The van der Waals surface area contributed by atoms with Gasteiger partial charge in [-0.25, -0.2) is 8.42 Å². The van der Waals surface area contributed by atoms with Gasteiger partial charge in [0.15, 0.2) is 0 Å². The smallest absolute Gasteiger partial charge is 0.269 e. The van der Waals surface area contributed by atoms with Crippen molar-refractivity contribution in [2.24, 2.45) is 0 Å². The molecule has 0 aromatic heterocycles. The molecule has 1 atom stereocenters. The lowest BCUT2D eigenvalue weighted by molar-refractivity contribution is -0.384. The highest BCUT2D eigenvalue weighted by Gasteiger charge is 2.35. The van der Waals surface area contributed by atoms with E-state index in [0.717, 1.165) is 42.0 Å². The molecule has 2 amide bonds. The molecule has 1 aliphatic rings. The van der Waals surface area contributed by atoms with E-state index in [0.29, 0.717) is 11.3 Å². The summed E-state index contributed by atoms with van der Waals surface area (Å²) in [6, 6.07) is 28.2. The van der Waals surface area contributed by atoms with Crippen LogP contribution in [0.5, 0.6) is 5.75 Å². The number of nitrogens with one attached hydrogen (secondary N) is 1. The monoisotopic (exact) mass is 684 g/mol. The molecule has 49 heavy (non-hydrogen) atoms. The van der Waals surface area contributed by atoms with E-state index in [1.54, 1.807) is 36.4 Å². The molecule has 1 unspecified atom stereocenters. The quantitative estimate of drug-likeness (QED) is 0.129. The first-order valence-corrected chi connectivity index (χ1v) is 17.7. The summed E-state index contributed by atoms with van der Waals surface area (Å²) in [6.07, 6.45) is 4.99. The van der Waals surface area contributed by atoms with Crippen LogP contribution in [0.2, 0.25) is 0 Å². The number of amides is 2. The van der Waals surface area contributed by atoms with Crippen molar-refractivity contribution in [3.8, 4) is 5.75 Å². The number of methoxy groups -OCH3 is 1. The molecule has 4 aromatic carbocycles. The molecule has 0 saturated heterocycles. The summed E-state index contributed by atoms with van der Waals surface area (Å²) in [4.78, 5) is 41.1. The maximum absolute atomic E-state index is 14.7. The predicted octanol–water partition coefficient (Wildman–Crippen LogP) is 5.89. The van der Waals surface area contributed by atoms with Crippen LogP contribution >= 0.6 is 0 Å². The number of nitro benzene ring substituents is 1. The van der Waals surface area contributed by atoms with Crippen molar-refractivity contribution in [2.75, 3.05) is 18.0 Å². The maximum atomic E-state index is 14.7. The minimum absolute atomic E-state index is 0.00882. The molecule has 4 aromatic rings. The number of nitro groups is 1. The highest BCUT2D eigenvalue weighted by molar-refractivity contribution is 7.92. The second kappa shape index (κ2) is 16.2. The lowest BCUT2D eigenvalue weighted by Gasteiger charge is -2.35. The van der Waals surface area contributed by atoms with Crippen molar-refractivity contribution in [1.82, 2.24) is 10.2 Å². The third-order valence-electron chi connectivity index (χ3n) is 8.67. The molecule has 1 aliphatic carbocycles. The molecule has 1 fully saturated rings. The van der Waals surface area contributed by atoms with Crippen LogP contribution in [-0.4, -0.2) is 55.8 Å². The second-order valence-corrected chi connectivity index (χ2v) is 13.9. The standard InChI is InChI=1S/C37H40N4O7S/c1-48-33-17-11-14-29(24-33)26-39(35(25-28-12-5-2-6-13-28)37(43)38-30-15-7-3-8-16-30)36(42)27-40(31-20-22-32(23-21-31)41(44)45)49(46,47)34-18-9-4-10-19-34/h2,4-6,9-14,17-24,30,35H,3,7-8,15-16,25-27H2,1H3,(H,38,43). The number of non-ortho nitro benzene ring substituents is 1. The van der Waals surface area contributed by atoms with Crippen LogP contribution < -0.4 is 14.4 Å². The number of sulfonamides is 1. The Morgan fingerprint density at radius 2 is 1.51 bits per heavy atom. The van der Waals surface area contributed by atoms with Crippen molar-refractivity contribution >= 4 is 33.2 Å². The number of nitrogens with zero attached hydrogens (tertiary/aromatic N) is 3. The van der Waals surface area contributed by atoms with E-state index in [-0.39, 0.29) is 41.2 Å². The van der Waals surface area contributed by atoms with Gasteiger partial charge in [0, 0.05) is 31.1 Å². The second-order valence-electron chi connectivity index (χ2n) is 12.0. The number of anilines is 1. The first-order chi connectivity index (χ1) is 23.7. The van der Waals surface area contributed by atoms with Gasteiger partial charge in [-0.3, -0.25) is 24.0 Å². The Labute approximate surface area is 286 Å². The van der Waals surface area contributed by atoms with Crippen molar-refractivity contribution in [2.45, 2.75) is 62.0 Å². The molecule has 0 radical (unpaired) electrons. The van der Waals surface area contributed by atoms with E-state index in [9.17, 15) is 28.1 Å². The number of hydrogen-bond donors (Lipinski definition) is 1. The number of rotatable bonds is 14. The Bertz CT molecular complexity index is 1830. The van der Waals surface area contributed by atoms with Crippen LogP contribution in [0.25, 0.3) is 0 Å². The van der Waals surface area contributed by atoms with Gasteiger partial charge in [0.25, 0.3) is 15.7 Å². The highest BCUT2D eigenvalue weighted by atomic mass is 32.2. The van der Waals surface area contributed by atoms with Crippen LogP contribution in [-0.2, 0) is 32.6 Å². The van der Waals surface area contributed by atoms with Crippen LogP contribution in [0, 0.1) is 10.1 Å². The van der Waals surface area contributed by atoms with Gasteiger partial charge in [0.1, 0.15) is 18.3 Å². The lowest BCUT2D eigenvalue weighted by atomic mass is 9.94. The predicted molar refractivity (Wildman–Crippen MR) is 187 cm³/mol. The molecule has 11 nitrogen and oxygen atoms in total. The van der Waals surface area contributed by atoms with E-state index in [1.165, 1.54) is 48.4 Å². The summed E-state index contributed by atoms with van der Waals surface area (Å²) in [7, 11) is -2.80. The van der Waals surface area contributed by atoms with Gasteiger partial charge in [-0.1, -0.05) is 79.9 Å². The van der Waals surface area contributed by atoms with Gasteiger partial charge in [-0.15, -0.1) is 0 Å². The summed E-state index contributed by atoms with van der Waals surface area (Å²) in [5.74, 6) is -0.379. The molecular formula is C37H40N4O7S. The molecule has 1 N–H and O–H groups in total. The molecule has 12 heteroatoms. The molecule has 0 bridgehead atoms. The number of ether oxygens (including phenoxy) is 1. The van der Waals surface area contributed by atoms with Gasteiger partial charge in [0.2, 0.25) is 11.8 Å². The minimum Gasteiger partial charge on any atom is -0.497 e. The topological polar surface area (TPSA) is 139 Å². The molecule has 0 spiro atoms. The third-order valence-corrected chi connectivity index (χ3v) is 10.5. The first kappa shape index (κ1) is 35.1. The number of hydrogen-bond acceptors (Lipinski definition) is 7. The van der Waals surface area contributed by atoms with E-state index < -0.39 is 33.4 Å². The number of carbonyl (C=O) groups is 2. The molecular weight excluding hydrogens is 644 g/mol. The number of carbonyl (C=O) groups excluding carboxylic acids is 2. The average molecular weight is 685 g/mol. The van der Waals surface area contributed by atoms with E-state index in [4.69, 9.17) is 4.74 Å². The maximum Gasteiger partial charge on any atom is 0.269 e. The van der Waals surface area contributed by atoms with Gasteiger partial charge in [-0.05, 0) is 60.4 Å². The van der Waals surface area contributed by atoms with Crippen molar-refractivity contribution < 1.29 is 27.7 Å². The fraction of sp³-hybridized carbons (Fsp3) is 0.297. The fourth-order valence-electron chi connectivity index (χ4n) is 6.05.